The number of hydroxylamine groups is 1. The van der Waals surface area contributed by atoms with Crippen molar-refractivity contribution in [2.45, 2.75) is 32.0 Å². The Morgan fingerprint density at radius 2 is 1.93 bits per heavy atom. The van der Waals surface area contributed by atoms with E-state index in [1.807, 2.05) is 0 Å². The molecule has 0 aromatic heterocycles. The summed E-state index contributed by atoms with van der Waals surface area (Å²) in [5.41, 5.74) is 2.48. The van der Waals surface area contributed by atoms with E-state index in [9.17, 15) is 13.2 Å². The van der Waals surface area contributed by atoms with E-state index in [-0.39, 0.29) is 6.04 Å². The molecule has 0 aromatic rings. The predicted molar refractivity (Wildman–Crippen MR) is 50.3 cm³/mol. The number of nitrogens with one attached hydrogen (secondary N) is 1. The fourth-order valence-corrected chi connectivity index (χ4v) is 1.61. The Kier molecular flexibility index (Phi) is 4.82. The van der Waals surface area contributed by atoms with Gasteiger partial charge in [0, 0.05) is 6.04 Å². The van der Waals surface area contributed by atoms with Gasteiger partial charge in [-0.15, -0.1) is 0 Å². The zero-order valence-corrected chi connectivity index (χ0v) is 8.81. The van der Waals surface area contributed by atoms with Gasteiger partial charge in [0.2, 0.25) is 0 Å². The topological polar surface area (TPSA) is 24.5 Å². The molecule has 6 heteroatoms. The van der Waals surface area contributed by atoms with E-state index in [0.29, 0.717) is 0 Å². The molecule has 1 heterocycles. The van der Waals surface area contributed by atoms with Crippen molar-refractivity contribution in [1.29, 1.82) is 0 Å². The number of halogens is 3. The van der Waals surface area contributed by atoms with Gasteiger partial charge in [0.15, 0.2) is 6.61 Å². The van der Waals surface area contributed by atoms with E-state index < -0.39 is 12.8 Å². The van der Waals surface area contributed by atoms with Crippen LogP contribution < -0.4 is 5.48 Å². The maximum Gasteiger partial charge on any atom is 0.413 e. The summed E-state index contributed by atoms with van der Waals surface area (Å²) in [6, 6.07) is 0.0511. The van der Waals surface area contributed by atoms with Crippen LogP contribution in [0.5, 0.6) is 0 Å². The first-order valence-electron chi connectivity index (χ1n) is 5.17. The Morgan fingerprint density at radius 1 is 1.33 bits per heavy atom. The molecule has 0 radical (unpaired) electrons. The molecule has 90 valence electrons. The molecule has 1 aliphatic rings. The Balaban J connectivity index is 2.09. The molecule has 0 bridgehead atoms. The third kappa shape index (κ3) is 5.34. The summed E-state index contributed by atoms with van der Waals surface area (Å²) < 4.78 is 35.3. The molecule has 1 fully saturated rings. The molecular formula is C9H17F3N2O. The zero-order chi connectivity index (χ0) is 11.3. The number of rotatable bonds is 4. The van der Waals surface area contributed by atoms with Gasteiger partial charge in [-0.05, 0) is 32.5 Å². The fraction of sp³-hybridized carbons (Fsp3) is 1.00. The lowest BCUT2D eigenvalue weighted by molar-refractivity contribution is -0.194. The molecule has 0 aromatic carbocycles. The molecule has 0 aliphatic carbocycles. The molecule has 1 rings (SSSR count). The number of nitrogens with zero attached hydrogens (tertiary/aromatic N) is 1. The minimum absolute atomic E-state index is 0.0511. The molecule has 0 unspecified atom stereocenters. The molecule has 0 spiro atoms. The van der Waals surface area contributed by atoms with Crippen LogP contribution in [-0.4, -0.2) is 43.4 Å². The van der Waals surface area contributed by atoms with E-state index in [0.717, 1.165) is 32.5 Å². The average Bonchev–Trinajstić information content (AvgIpc) is 2.17. The van der Waals surface area contributed by atoms with Crippen molar-refractivity contribution < 1.29 is 18.0 Å². The quantitative estimate of drug-likeness (QED) is 0.736. The van der Waals surface area contributed by atoms with E-state index >= 15 is 0 Å². The van der Waals surface area contributed by atoms with Gasteiger partial charge >= 0.3 is 6.18 Å². The number of piperidine rings is 1. The van der Waals surface area contributed by atoms with Gasteiger partial charge in [-0.3, -0.25) is 4.84 Å². The molecule has 3 nitrogen and oxygen atoms in total. The first-order valence-corrected chi connectivity index (χ1v) is 5.17. The van der Waals surface area contributed by atoms with E-state index in [1.165, 1.54) is 0 Å². The molecule has 0 atom stereocenters. The monoisotopic (exact) mass is 226 g/mol. The van der Waals surface area contributed by atoms with Crippen molar-refractivity contribution in [3.8, 4) is 0 Å². The van der Waals surface area contributed by atoms with Crippen LogP contribution in [0.25, 0.3) is 0 Å². The lowest BCUT2D eigenvalue weighted by Crippen LogP contribution is -2.43. The van der Waals surface area contributed by atoms with Crippen molar-refractivity contribution in [1.82, 2.24) is 10.4 Å². The van der Waals surface area contributed by atoms with Gasteiger partial charge in [-0.1, -0.05) is 6.92 Å². The summed E-state index contributed by atoms with van der Waals surface area (Å²) >= 11 is 0. The van der Waals surface area contributed by atoms with Gasteiger partial charge in [0.25, 0.3) is 0 Å². The van der Waals surface area contributed by atoms with Crippen molar-refractivity contribution in [2.75, 3.05) is 26.2 Å². The smallest absolute Gasteiger partial charge is 0.303 e. The molecule has 1 saturated heterocycles. The van der Waals surface area contributed by atoms with E-state index in [1.54, 1.807) is 0 Å². The second-order valence-corrected chi connectivity index (χ2v) is 3.73. The van der Waals surface area contributed by atoms with Crippen molar-refractivity contribution in [2.24, 2.45) is 0 Å². The third-order valence-electron chi connectivity index (χ3n) is 2.52. The minimum atomic E-state index is -4.25. The molecule has 1 aliphatic heterocycles. The molecular weight excluding hydrogens is 209 g/mol. The second-order valence-electron chi connectivity index (χ2n) is 3.73. The Hall–Kier alpha value is -0.330. The number of hydrogen-bond acceptors (Lipinski definition) is 3. The van der Waals surface area contributed by atoms with Gasteiger partial charge < -0.3 is 4.90 Å². The molecule has 0 amide bonds. The maximum absolute atomic E-state index is 11.8. The summed E-state index contributed by atoms with van der Waals surface area (Å²) in [7, 11) is 0. The number of alkyl halides is 3. The third-order valence-corrected chi connectivity index (χ3v) is 2.52. The van der Waals surface area contributed by atoms with Crippen LogP contribution in [0.1, 0.15) is 19.8 Å². The highest BCUT2D eigenvalue weighted by atomic mass is 19.4. The molecule has 15 heavy (non-hydrogen) atoms. The maximum atomic E-state index is 11.8. The summed E-state index contributed by atoms with van der Waals surface area (Å²) in [5, 5.41) is 0. The summed E-state index contributed by atoms with van der Waals surface area (Å²) in [4.78, 5) is 6.68. The average molecular weight is 226 g/mol. The Bertz CT molecular complexity index is 179. The Labute approximate surface area is 87.5 Å². The van der Waals surface area contributed by atoms with E-state index in [4.69, 9.17) is 0 Å². The predicted octanol–water partition coefficient (Wildman–Crippen LogP) is 1.55. The Morgan fingerprint density at radius 3 is 2.40 bits per heavy atom. The van der Waals surface area contributed by atoms with Crippen LogP contribution in [0, 0.1) is 0 Å². The molecule has 0 saturated carbocycles. The highest BCUT2D eigenvalue weighted by Crippen LogP contribution is 2.15. The van der Waals surface area contributed by atoms with Crippen LogP contribution >= 0.6 is 0 Å². The zero-order valence-electron chi connectivity index (χ0n) is 8.81. The summed E-state index contributed by atoms with van der Waals surface area (Å²) in [6.07, 6.45) is -2.57. The second kappa shape index (κ2) is 5.67. The van der Waals surface area contributed by atoms with Crippen molar-refractivity contribution in [3.05, 3.63) is 0 Å². The SMILES string of the molecule is CCN1CCC(NOCC(F)(F)F)CC1. The van der Waals surface area contributed by atoms with Crippen LogP contribution in [0.2, 0.25) is 0 Å². The lowest BCUT2D eigenvalue weighted by atomic mass is 10.1. The van der Waals surface area contributed by atoms with Crippen molar-refractivity contribution in [3.63, 3.8) is 0 Å². The van der Waals surface area contributed by atoms with Gasteiger partial charge in [0.1, 0.15) is 0 Å². The molecule has 1 N–H and O–H groups in total. The summed E-state index contributed by atoms with van der Waals surface area (Å²) in [6.45, 7) is 3.69. The van der Waals surface area contributed by atoms with Crippen LogP contribution in [0.3, 0.4) is 0 Å². The van der Waals surface area contributed by atoms with Crippen LogP contribution in [0.4, 0.5) is 13.2 Å². The van der Waals surface area contributed by atoms with Crippen molar-refractivity contribution >= 4 is 0 Å². The van der Waals surface area contributed by atoms with Gasteiger partial charge in [-0.2, -0.15) is 18.7 Å². The fourth-order valence-electron chi connectivity index (χ4n) is 1.61. The van der Waals surface area contributed by atoms with Gasteiger partial charge in [-0.25, -0.2) is 0 Å². The standard InChI is InChI=1S/C9H17F3N2O/c1-2-14-5-3-8(4-6-14)13-15-7-9(10,11)12/h8,13H,2-7H2,1H3. The van der Waals surface area contributed by atoms with Crippen LogP contribution in [0.15, 0.2) is 0 Å². The number of likely N-dealkylation sites (tertiary alicyclic amines) is 1. The highest BCUT2D eigenvalue weighted by Gasteiger charge is 2.28. The summed E-state index contributed by atoms with van der Waals surface area (Å²) in [5.74, 6) is 0. The minimum Gasteiger partial charge on any atom is -0.303 e. The van der Waals surface area contributed by atoms with E-state index in [2.05, 4.69) is 22.1 Å². The largest absolute Gasteiger partial charge is 0.413 e. The normalized spacial score (nSPS) is 20.8. The first kappa shape index (κ1) is 12.7. The highest BCUT2D eigenvalue weighted by molar-refractivity contribution is 4.73. The van der Waals surface area contributed by atoms with Crippen LogP contribution in [-0.2, 0) is 4.84 Å². The number of hydrogen-bond donors (Lipinski definition) is 1. The lowest BCUT2D eigenvalue weighted by Gasteiger charge is -2.31. The first-order chi connectivity index (χ1) is 7.01. The van der Waals surface area contributed by atoms with Gasteiger partial charge in [0.05, 0.1) is 0 Å².